The van der Waals surface area contributed by atoms with Crippen LogP contribution in [-0.4, -0.2) is 5.11 Å². The predicted octanol–water partition coefficient (Wildman–Crippen LogP) is 2.26. The van der Waals surface area contributed by atoms with Crippen LogP contribution in [0.5, 0.6) is 0 Å². The Morgan fingerprint density at radius 3 is 3.00 bits per heavy atom. The maximum absolute atomic E-state index is 9.03. The lowest BCUT2D eigenvalue weighted by atomic mass is 10.1. The van der Waals surface area contributed by atoms with Crippen LogP contribution in [0.4, 0.5) is 5.69 Å². The molecule has 2 nitrogen and oxygen atoms in total. The molecule has 0 radical (unpaired) electrons. The van der Waals surface area contributed by atoms with Crippen LogP contribution in [0.1, 0.15) is 5.56 Å². The summed E-state index contributed by atoms with van der Waals surface area (Å²) in [4.78, 5) is 0.878. The first kappa shape index (κ1) is 8.87. The molecule has 0 aliphatic carbocycles. The Balaban J connectivity index is 2.85. The smallest absolute Gasteiger partial charge is 0.0702 e. The topological polar surface area (TPSA) is 46.2 Å². The van der Waals surface area contributed by atoms with Gasteiger partial charge in [-0.25, -0.2) is 0 Å². The molecule has 2 rings (SSSR count). The molecule has 3 N–H and O–H groups in total. The number of thiol groups is 1. The van der Waals surface area contributed by atoms with E-state index in [2.05, 4.69) is 12.6 Å². The summed E-state index contributed by atoms with van der Waals surface area (Å²) in [6, 6.07) is 3.77. The van der Waals surface area contributed by atoms with Gasteiger partial charge in [-0.2, -0.15) is 0 Å². The maximum Gasteiger partial charge on any atom is 0.0702 e. The highest BCUT2D eigenvalue weighted by Crippen LogP contribution is 2.34. The lowest BCUT2D eigenvalue weighted by Crippen LogP contribution is -1.94. The first-order chi connectivity index (χ1) is 6.24. The fraction of sp³-hybridized carbons (Fsp3) is 0.111. The molecule has 68 valence electrons. The van der Waals surface area contributed by atoms with Crippen molar-refractivity contribution in [3.05, 3.63) is 23.1 Å². The van der Waals surface area contributed by atoms with Gasteiger partial charge in [0.15, 0.2) is 0 Å². The molecular formula is C9H9NOS2. The zero-order valence-corrected chi connectivity index (χ0v) is 8.53. The number of benzene rings is 1. The van der Waals surface area contributed by atoms with Crippen LogP contribution in [-0.2, 0) is 6.61 Å². The highest BCUT2D eigenvalue weighted by molar-refractivity contribution is 7.80. The summed E-state index contributed by atoms with van der Waals surface area (Å²) < 4.78 is 1.08. The van der Waals surface area contributed by atoms with Crippen molar-refractivity contribution in [2.45, 2.75) is 11.5 Å². The fourth-order valence-corrected chi connectivity index (χ4v) is 2.59. The molecule has 2 aromatic rings. The van der Waals surface area contributed by atoms with Gasteiger partial charge >= 0.3 is 0 Å². The molecule has 0 fully saturated rings. The van der Waals surface area contributed by atoms with Crippen LogP contribution in [0.2, 0.25) is 0 Å². The molecule has 0 spiro atoms. The van der Waals surface area contributed by atoms with E-state index in [9.17, 15) is 0 Å². The Morgan fingerprint density at radius 2 is 2.31 bits per heavy atom. The summed E-state index contributed by atoms with van der Waals surface area (Å²) in [7, 11) is 0. The van der Waals surface area contributed by atoms with Crippen LogP contribution >= 0.6 is 24.0 Å². The van der Waals surface area contributed by atoms with Gasteiger partial charge in [0.1, 0.15) is 0 Å². The second-order valence-corrected chi connectivity index (χ2v) is 4.19. The van der Waals surface area contributed by atoms with E-state index >= 15 is 0 Å². The van der Waals surface area contributed by atoms with E-state index in [0.717, 1.165) is 20.5 Å². The van der Waals surface area contributed by atoms with Gasteiger partial charge in [0.2, 0.25) is 0 Å². The zero-order chi connectivity index (χ0) is 9.42. The van der Waals surface area contributed by atoms with E-state index in [4.69, 9.17) is 10.8 Å². The number of anilines is 1. The summed E-state index contributed by atoms with van der Waals surface area (Å²) in [5.74, 6) is 0. The minimum absolute atomic E-state index is 0.0365. The monoisotopic (exact) mass is 211 g/mol. The van der Waals surface area contributed by atoms with Gasteiger partial charge < -0.3 is 10.8 Å². The minimum atomic E-state index is -0.0365. The quantitative estimate of drug-likeness (QED) is 0.500. The number of hydrogen-bond donors (Lipinski definition) is 3. The molecular weight excluding hydrogens is 202 g/mol. The number of nitrogens with two attached hydrogens (primary N) is 1. The Bertz CT molecular complexity index is 450. The Labute approximate surface area is 85.4 Å². The Kier molecular flexibility index (Phi) is 2.19. The van der Waals surface area contributed by atoms with E-state index in [0.29, 0.717) is 5.69 Å². The van der Waals surface area contributed by atoms with Crippen molar-refractivity contribution in [2.24, 2.45) is 0 Å². The van der Waals surface area contributed by atoms with Crippen molar-refractivity contribution < 1.29 is 5.11 Å². The van der Waals surface area contributed by atoms with Gasteiger partial charge in [0.25, 0.3) is 0 Å². The number of nitrogen functional groups attached to an aromatic ring is 1. The van der Waals surface area contributed by atoms with Crippen LogP contribution in [0.3, 0.4) is 0 Å². The molecule has 0 saturated heterocycles. The van der Waals surface area contributed by atoms with Crippen LogP contribution in [0, 0.1) is 0 Å². The van der Waals surface area contributed by atoms with Crippen LogP contribution < -0.4 is 5.73 Å². The lowest BCUT2D eigenvalue weighted by molar-refractivity contribution is 0.282. The third-order valence-electron chi connectivity index (χ3n) is 2.02. The number of fused-ring (bicyclic) bond motifs is 1. The molecule has 0 amide bonds. The molecule has 1 heterocycles. The summed E-state index contributed by atoms with van der Waals surface area (Å²) in [6.07, 6.45) is 0. The second kappa shape index (κ2) is 3.21. The van der Waals surface area contributed by atoms with Gasteiger partial charge in [0.05, 0.1) is 6.61 Å². The molecule has 4 heteroatoms. The molecule has 1 aromatic carbocycles. The molecule has 0 unspecified atom stereocenters. The van der Waals surface area contributed by atoms with Crippen molar-refractivity contribution in [1.82, 2.24) is 0 Å². The van der Waals surface area contributed by atoms with Crippen molar-refractivity contribution in [1.29, 1.82) is 0 Å². The largest absolute Gasteiger partial charge is 0.398 e. The van der Waals surface area contributed by atoms with Gasteiger partial charge in [-0.1, -0.05) is 0 Å². The molecule has 13 heavy (non-hydrogen) atoms. The molecule has 0 aliphatic rings. The third-order valence-corrected chi connectivity index (χ3v) is 3.47. The van der Waals surface area contributed by atoms with Gasteiger partial charge in [-0.05, 0) is 17.5 Å². The van der Waals surface area contributed by atoms with Crippen molar-refractivity contribution in [3.63, 3.8) is 0 Å². The second-order valence-electron chi connectivity index (χ2n) is 2.79. The van der Waals surface area contributed by atoms with E-state index < -0.39 is 0 Å². The van der Waals surface area contributed by atoms with E-state index in [1.807, 2.05) is 17.5 Å². The summed E-state index contributed by atoms with van der Waals surface area (Å²) in [5, 5.41) is 12.0. The molecule has 0 aliphatic heterocycles. The van der Waals surface area contributed by atoms with E-state index in [1.54, 1.807) is 11.3 Å². The summed E-state index contributed by atoms with van der Waals surface area (Å²) in [5.41, 5.74) is 7.27. The van der Waals surface area contributed by atoms with Gasteiger partial charge in [-0.15, -0.1) is 24.0 Å². The Morgan fingerprint density at radius 1 is 1.54 bits per heavy atom. The van der Waals surface area contributed by atoms with E-state index in [1.165, 1.54) is 0 Å². The highest BCUT2D eigenvalue weighted by Gasteiger charge is 2.07. The zero-order valence-electron chi connectivity index (χ0n) is 6.82. The number of aliphatic hydroxyl groups is 1. The van der Waals surface area contributed by atoms with Gasteiger partial charge in [-0.3, -0.25) is 0 Å². The number of rotatable bonds is 1. The molecule has 1 aromatic heterocycles. The molecule has 0 atom stereocenters. The predicted molar refractivity (Wildman–Crippen MR) is 59.4 cm³/mol. The average Bonchev–Trinajstić information content (AvgIpc) is 2.60. The average molecular weight is 211 g/mol. The van der Waals surface area contributed by atoms with E-state index in [-0.39, 0.29) is 6.61 Å². The number of thiophene rings is 1. The summed E-state index contributed by atoms with van der Waals surface area (Å²) in [6.45, 7) is -0.0365. The molecule has 0 saturated carbocycles. The van der Waals surface area contributed by atoms with Crippen molar-refractivity contribution in [2.75, 3.05) is 5.73 Å². The lowest BCUT2D eigenvalue weighted by Gasteiger charge is -2.05. The first-order valence-corrected chi connectivity index (χ1v) is 5.15. The van der Waals surface area contributed by atoms with Crippen LogP contribution in [0.15, 0.2) is 22.4 Å². The standard InChI is InChI=1S/C9H9NOS2/c10-8-5(4-11)3-7(12)9-6(8)1-2-13-9/h1-3,11-12H,4,10H2. The first-order valence-electron chi connectivity index (χ1n) is 3.82. The van der Waals surface area contributed by atoms with Crippen molar-refractivity contribution in [3.8, 4) is 0 Å². The highest BCUT2D eigenvalue weighted by atomic mass is 32.1. The van der Waals surface area contributed by atoms with Gasteiger partial charge in [0, 0.05) is 26.2 Å². The number of aliphatic hydroxyl groups excluding tert-OH is 1. The number of hydrogen-bond acceptors (Lipinski definition) is 4. The SMILES string of the molecule is Nc1c(CO)cc(S)c2sccc12. The normalized spacial score (nSPS) is 10.9. The molecule has 0 bridgehead atoms. The van der Waals surface area contributed by atoms with Crippen LogP contribution in [0.25, 0.3) is 10.1 Å². The summed E-state index contributed by atoms with van der Waals surface area (Å²) >= 11 is 5.94. The van der Waals surface area contributed by atoms with Crippen molar-refractivity contribution >= 4 is 39.7 Å². The fourth-order valence-electron chi connectivity index (χ4n) is 1.33. The maximum atomic E-state index is 9.03. The third kappa shape index (κ3) is 1.31. The Hall–Kier alpha value is -0.710. The minimum Gasteiger partial charge on any atom is -0.398 e.